The molecule has 2 aromatic rings. The van der Waals surface area contributed by atoms with Crippen LogP contribution in [0.3, 0.4) is 0 Å². The van der Waals surface area contributed by atoms with Crippen LogP contribution in [0.15, 0.2) is 18.3 Å². The number of hydrogen-bond donors (Lipinski definition) is 1. The van der Waals surface area contributed by atoms with Crippen LogP contribution < -0.4 is 5.73 Å². The van der Waals surface area contributed by atoms with E-state index in [1.165, 1.54) is 30.7 Å². The molecule has 0 aliphatic heterocycles. The molecule has 0 aromatic carbocycles. The van der Waals surface area contributed by atoms with E-state index < -0.39 is 0 Å². The molecule has 1 aliphatic rings. The molecule has 2 aromatic heterocycles. The van der Waals surface area contributed by atoms with E-state index in [2.05, 4.69) is 29.7 Å². The van der Waals surface area contributed by atoms with Crippen LogP contribution in [0.25, 0.3) is 5.65 Å². The first-order valence-electron chi connectivity index (χ1n) is 6.50. The molecule has 1 aliphatic carbocycles. The second kappa shape index (κ2) is 4.15. The zero-order valence-electron chi connectivity index (χ0n) is 10.3. The summed E-state index contributed by atoms with van der Waals surface area (Å²) < 4.78 is 2.25. The summed E-state index contributed by atoms with van der Waals surface area (Å²) in [5.41, 5.74) is 10.6. The first-order chi connectivity index (χ1) is 8.31. The smallest absolute Gasteiger partial charge is 0.137 e. The molecule has 3 heteroatoms. The lowest BCUT2D eigenvalue weighted by atomic mass is 9.88. The number of aryl methyl sites for hydroxylation is 1. The predicted octanol–water partition coefficient (Wildman–Crippen LogP) is 2.31. The Balaban J connectivity index is 2.09. The Morgan fingerprint density at radius 1 is 1.53 bits per heavy atom. The summed E-state index contributed by atoms with van der Waals surface area (Å²) in [6, 6.07) is 4.21. The topological polar surface area (TPSA) is 43.3 Å². The van der Waals surface area contributed by atoms with E-state index in [1.807, 2.05) is 0 Å². The number of nitrogens with two attached hydrogens (primary N) is 1. The fourth-order valence-corrected chi connectivity index (χ4v) is 2.79. The molecule has 2 N–H and O–H groups in total. The SMILES string of the molecule is CCC1CCc2nc3cc(CN)ccn3c2C1. The van der Waals surface area contributed by atoms with Crippen molar-refractivity contribution in [3.63, 3.8) is 0 Å². The van der Waals surface area contributed by atoms with Crippen molar-refractivity contribution in [2.75, 3.05) is 0 Å². The maximum Gasteiger partial charge on any atom is 0.137 e. The minimum Gasteiger partial charge on any atom is -0.326 e. The Hall–Kier alpha value is -1.35. The maximum atomic E-state index is 5.67. The summed E-state index contributed by atoms with van der Waals surface area (Å²) in [6.07, 6.45) is 6.99. The zero-order chi connectivity index (χ0) is 11.8. The van der Waals surface area contributed by atoms with Gasteiger partial charge in [0, 0.05) is 18.4 Å². The first-order valence-corrected chi connectivity index (χ1v) is 6.50. The van der Waals surface area contributed by atoms with Crippen molar-refractivity contribution >= 4 is 5.65 Å². The van der Waals surface area contributed by atoms with Gasteiger partial charge in [0.05, 0.1) is 5.69 Å². The van der Waals surface area contributed by atoms with Crippen molar-refractivity contribution in [2.45, 2.75) is 39.2 Å². The van der Waals surface area contributed by atoms with E-state index >= 15 is 0 Å². The molecule has 0 radical (unpaired) electrons. The fourth-order valence-electron chi connectivity index (χ4n) is 2.79. The van der Waals surface area contributed by atoms with Crippen LogP contribution in [-0.4, -0.2) is 9.38 Å². The Morgan fingerprint density at radius 3 is 3.18 bits per heavy atom. The quantitative estimate of drug-likeness (QED) is 0.858. The van der Waals surface area contributed by atoms with Gasteiger partial charge in [0.15, 0.2) is 0 Å². The number of imidazole rings is 1. The number of rotatable bonds is 2. The molecule has 1 unspecified atom stereocenters. The molecule has 2 heterocycles. The minimum atomic E-state index is 0.589. The van der Waals surface area contributed by atoms with Crippen LogP contribution in [0.2, 0.25) is 0 Å². The van der Waals surface area contributed by atoms with E-state index in [9.17, 15) is 0 Å². The van der Waals surface area contributed by atoms with Crippen molar-refractivity contribution in [1.82, 2.24) is 9.38 Å². The second-order valence-electron chi connectivity index (χ2n) is 4.99. The van der Waals surface area contributed by atoms with Gasteiger partial charge in [-0.3, -0.25) is 0 Å². The summed E-state index contributed by atoms with van der Waals surface area (Å²) in [6.45, 7) is 2.87. The van der Waals surface area contributed by atoms with E-state index in [0.717, 1.165) is 23.5 Å². The summed E-state index contributed by atoms with van der Waals surface area (Å²) in [4.78, 5) is 4.74. The highest BCUT2D eigenvalue weighted by Crippen LogP contribution is 2.28. The number of hydrogen-bond acceptors (Lipinski definition) is 2. The van der Waals surface area contributed by atoms with Crippen molar-refractivity contribution in [3.05, 3.63) is 35.3 Å². The third kappa shape index (κ3) is 1.75. The van der Waals surface area contributed by atoms with Gasteiger partial charge in [0.25, 0.3) is 0 Å². The predicted molar refractivity (Wildman–Crippen MR) is 68.9 cm³/mol. The molecule has 0 bridgehead atoms. The highest BCUT2D eigenvalue weighted by Gasteiger charge is 2.21. The van der Waals surface area contributed by atoms with E-state index in [0.29, 0.717) is 6.54 Å². The average Bonchev–Trinajstić information content (AvgIpc) is 2.74. The maximum absolute atomic E-state index is 5.67. The standard InChI is InChI=1S/C14H19N3/c1-2-10-3-4-12-13(7-10)17-6-5-11(9-15)8-14(17)16-12/h5-6,8,10H,2-4,7,9,15H2,1H3. The van der Waals surface area contributed by atoms with Crippen LogP contribution in [0, 0.1) is 5.92 Å². The van der Waals surface area contributed by atoms with Crippen LogP contribution in [-0.2, 0) is 19.4 Å². The molecule has 0 amide bonds. The molecule has 1 atom stereocenters. The van der Waals surface area contributed by atoms with Gasteiger partial charge in [-0.15, -0.1) is 0 Å². The molecule has 0 spiro atoms. The van der Waals surface area contributed by atoms with Gasteiger partial charge in [-0.05, 0) is 42.9 Å². The Morgan fingerprint density at radius 2 is 2.41 bits per heavy atom. The lowest BCUT2D eigenvalue weighted by molar-refractivity contribution is 0.435. The lowest BCUT2D eigenvalue weighted by Gasteiger charge is -2.20. The number of nitrogens with zero attached hydrogens (tertiary/aromatic N) is 2. The Labute approximate surface area is 102 Å². The molecule has 17 heavy (non-hydrogen) atoms. The van der Waals surface area contributed by atoms with E-state index in [-0.39, 0.29) is 0 Å². The summed E-state index contributed by atoms with van der Waals surface area (Å²) in [5.74, 6) is 0.830. The van der Waals surface area contributed by atoms with Crippen LogP contribution >= 0.6 is 0 Å². The Kier molecular flexibility index (Phi) is 2.63. The molecular weight excluding hydrogens is 210 g/mol. The van der Waals surface area contributed by atoms with Gasteiger partial charge in [-0.1, -0.05) is 13.3 Å². The molecule has 90 valence electrons. The third-order valence-corrected chi connectivity index (χ3v) is 3.96. The number of aromatic nitrogens is 2. The largest absolute Gasteiger partial charge is 0.326 e. The average molecular weight is 229 g/mol. The third-order valence-electron chi connectivity index (χ3n) is 3.96. The first kappa shape index (κ1) is 10.8. The highest BCUT2D eigenvalue weighted by atomic mass is 15.0. The van der Waals surface area contributed by atoms with Gasteiger partial charge in [-0.25, -0.2) is 4.98 Å². The van der Waals surface area contributed by atoms with Gasteiger partial charge < -0.3 is 10.1 Å². The summed E-state index contributed by atoms with van der Waals surface area (Å²) in [5, 5.41) is 0. The number of pyridine rings is 1. The summed E-state index contributed by atoms with van der Waals surface area (Å²) in [7, 11) is 0. The van der Waals surface area contributed by atoms with Crippen molar-refractivity contribution in [2.24, 2.45) is 11.7 Å². The monoisotopic (exact) mass is 229 g/mol. The molecule has 3 rings (SSSR count). The number of fused-ring (bicyclic) bond motifs is 3. The van der Waals surface area contributed by atoms with Crippen molar-refractivity contribution in [3.8, 4) is 0 Å². The van der Waals surface area contributed by atoms with E-state index in [4.69, 9.17) is 10.7 Å². The van der Waals surface area contributed by atoms with E-state index in [1.54, 1.807) is 0 Å². The second-order valence-corrected chi connectivity index (χ2v) is 4.99. The Bertz CT molecular complexity index is 542. The van der Waals surface area contributed by atoms with Gasteiger partial charge in [0.2, 0.25) is 0 Å². The molecule has 3 nitrogen and oxygen atoms in total. The highest BCUT2D eigenvalue weighted by molar-refractivity contribution is 5.46. The van der Waals surface area contributed by atoms with Gasteiger partial charge in [-0.2, -0.15) is 0 Å². The van der Waals surface area contributed by atoms with Gasteiger partial charge in [0.1, 0.15) is 5.65 Å². The van der Waals surface area contributed by atoms with Crippen LogP contribution in [0.5, 0.6) is 0 Å². The minimum absolute atomic E-state index is 0.589. The van der Waals surface area contributed by atoms with Crippen molar-refractivity contribution < 1.29 is 0 Å². The van der Waals surface area contributed by atoms with Crippen LogP contribution in [0.1, 0.15) is 36.7 Å². The fraction of sp³-hybridized carbons (Fsp3) is 0.500. The molecule has 0 saturated heterocycles. The molecule has 0 saturated carbocycles. The molecule has 0 fully saturated rings. The van der Waals surface area contributed by atoms with Gasteiger partial charge >= 0.3 is 0 Å². The normalized spacial score (nSPS) is 19.5. The summed E-state index contributed by atoms with van der Waals surface area (Å²) >= 11 is 0. The van der Waals surface area contributed by atoms with Crippen molar-refractivity contribution in [1.29, 1.82) is 0 Å². The zero-order valence-corrected chi connectivity index (χ0v) is 10.3. The van der Waals surface area contributed by atoms with Crippen LogP contribution in [0.4, 0.5) is 0 Å². The molecular formula is C14H19N3. The lowest BCUT2D eigenvalue weighted by Crippen LogP contribution is -2.14.